The van der Waals surface area contributed by atoms with Crippen LogP contribution in [0.15, 0.2) is 17.2 Å². The van der Waals surface area contributed by atoms with Crippen LogP contribution in [0, 0.1) is 5.92 Å². The molecule has 0 radical (unpaired) electrons. The Morgan fingerprint density at radius 1 is 1.36 bits per heavy atom. The van der Waals surface area contributed by atoms with Gasteiger partial charge in [-0.05, 0) is 31.7 Å². The molecule has 1 aromatic heterocycles. The number of amides is 1. The van der Waals surface area contributed by atoms with Crippen molar-refractivity contribution in [1.29, 1.82) is 0 Å². The Hall–Kier alpha value is -1.14. The Morgan fingerprint density at radius 2 is 2.09 bits per heavy atom. The van der Waals surface area contributed by atoms with Gasteiger partial charge in [-0.3, -0.25) is 9.78 Å². The number of sulfone groups is 1. The number of hydrogen-bond acceptors (Lipinski definition) is 4. The Labute approximate surface area is 135 Å². The Kier molecular flexibility index (Phi) is 4.16. The maximum atomic E-state index is 12.2. The topological polar surface area (TPSA) is 67.3 Å². The average molecular weight is 343 g/mol. The monoisotopic (exact) mass is 342 g/mol. The smallest absolute Gasteiger partial charge is 0.225 e. The minimum atomic E-state index is -3.40. The lowest BCUT2D eigenvalue weighted by atomic mass is 9.94. The summed E-state index contributed by atoms with van der Waals surface area (Å²) in [5.74, 6) is 0.351. The van der Waals surface area contributed by atoms with Crippen LogP contribution in [-0.4, -0.2) is 43.6 Å². The van der Waals surface area contributed by atoms with Gasteiger partial charge in [0.2, 0.25) is 5.91 Å². The fraction of sp³-hybridized carbons (Fsp3) is 0.600. The summed E-state index contributed by atoms with van der Waals surface area (Å²) < 4.78 is 24.0. The summed E-state index contributed by atoms with van der Waals surface area (Å²) in [4.78, 5) is 18.6. The fourth-order valence-electron chi connectivity index (χ4n) is 3.02. The number of hydrogen-bond donors (Lipinski definition) is 0. The zero-order valence-corrected chi connectivity index (χ0v) is 14.0. The molecule has 0 aromatic carbocycles. The van der Waals surface area contributed by atoms with Gasteiger partial charge in [0, 0.05) is 37.4 Å². The van der Waals surface area contributed by atoms with Gasteiger partial charge in [0.1, 0.15) is 0 Å². The number of piperidine rings is 1. The normalized spacial score (nSPS) is 22.6. The molecule has 7 heteroatoms. The summed E-state index contributed by atoms with van der Waals surface area (Å²) in [7, 11) is -3.40. The first-order valence-corrected chi connectivity index (χ1v) is 9.77. The van der Waals surface area contributed by atoms with Crippen LogP contribution in [0.3, 0.4) is 0 Å². The van der Waals surface area contributed by atoms with Gasteiger partial charge in [-0.15, -0.1) is 0 Å². The van der Waals surface area contributed by atoms with E-state index < -0.39 is 9.84 Å². The highest BCUT2D eigenvalue weighted by Gasteiger charge is 2.36. The van der Waals surface area contributed by atoms with Gasteiger partial charge in [-0.25, -0.2) is 8.42 Å². The van der Waals surface area contributed by atoms with Gasteiger partial charge < -0.3 is 4.90 Å². The predicted molar refractivity (Wildman–Crippen MR) is 83.6 cm³/mol. The van der Waals surface area contributed by atoms with Crippen molar-refractivity contribution in [2.24, 2.45) is 5.92 Å². The maximum absolute atomic E-state index is 12.2. The molecule has 120 valence electrons. The molecular formula is C15H19ClN2O3S. The summed E-state index contributed by atoms with van der Waals surface area (Å²) in [6.45, 7) is 1.31. The lowest BCUT2D eigenvalue weighted by molar-refractivity contribution is -0.133. The van der Waals surface area contributed by atoms with Crippen LogP contribution in [0.4, 0.5) is 0 Å². The SMILES string of the molecule is CS(=O)(=O)c1cc(Cl)cnc1[C@H]1CCCN(C(=O)C2CC2)C1. The third kappa shape index (κ3) is 3.27. The first-order chi connectivity index (χ1) is 10.4. The molecule has 5 nitrogen and oxygen atoms in total. The van der Waals surface area contributed by atoms with E-state index in [0.29, 0.717) is 17.3 Å². The molecule has 2 fully saturated rings. The lowest BCUT2D eigenvalue weighted by Crippen LogP contribution is -2.40. The number of carbonyl (C=O) groups excluding carboxylic acids is 1. The number of aromatic nitrogens is 1. The number of carbonyl (C=O) groups is 1. The second-order valence-electron chi connectivity index (χ2n) is 6.21. The molecule has 1 saturated heterocycles. The van der Waals surface area contributed by atoms with Gasteiger partial charge in [0.05, 0.1) is 15.6 Å². The van der Waals surface area contributed by atoms with E-state index >= 15 is 0 Å². The van der Waals surface area contributed by atoms with Crippen LogP contribution in [0.2, 0.25) is 5.02 Å². The van der Waals surface area contributed by atoms with E-state index in [-0.39, 0.29) is 22.6 Å². The molecule has 1 aliphatic heterocycles. The van der Waals surface area contributed by atoms with Crippen molar-refractivity contribution in [3.8, 4) is 0 Å². The first-order valence-electron chi connectivity index (χ1n) is 7.50. The van der Waals surface area contributed by atoms with Crippen LogP contribution in [-0.2, 0) is 14.6 Å². The first kappa shape index (κ1) is 15.7. The molecular weight excluding hydrogens is 324 g/mol. The van der Waals surface area contributed by atoms with Crippen molar-refractivity contribution in [1.82, 2.24) is 9.88 Å². The van der Waals surface area contributed by atoms with E-state index in [1.807, 2.05) is 4.90 Å². The van der Waals surface area contributed by atoms with Crippen LogP contribution in [0.25, 0.3) is 0 Å². The highest BCUT2D eigenvalue weighted by atomic mass is 35.5. The molecule has 0 N–H and O–H groups in total. The quantitative estimate of drug-likeness (QED) is 0.845. The molecule has 1 saturated carbocycles. The van der Waals surface area contributed by atoms with E-state index in [2.05, 4.69) is 4.98 Å². The van der Waals surface area contributed by atoms with Crippen LogP contribution >= 0.6 is 11.6 Å². The van der Waals surface area contributed by atoms with Gasteiger partial charge in [-0.1, -0.05) is 11.6 Å². The molecule has 0 bridgehead atoms. The summed E-state index contributed by atoms with van der Waals surface area (Å²) in [6.07, 6.45) is 6.32. The van der Waals surface area contributed by atoms with Crippen LogP contribution in [0.1, 0.15) is 37.3 Å². The molecule has 0 unspecified atom stereocenters. The molecule has 2 aliphatic rings. The number of nitrogens with zero attached hydrogens (tertiary/aromatic N) is 2. The largest absolute Gasteiger partial charge is 0.342 e. The molecule has 2 heterocycles. The second kappa shape index (κ2) is 5.81. The minimum absolute atomic E-state index is 0.0431. The molecule has 1 amide bonds. The zero-order chi connectivity index (χ0) is 15.9. The van der Waals surface area contributed by atoms with Gasteiger partial charge in [0.25, 0.3) is 0 Å². The van der Waals surface area contributed by atoms with E-state index in [1.165, 1.54) is 18.5 Å². The highest BCUT2D eigenvalue weighted by molar-refractivity contribution is 7.90. The zero-order valence-electron chi connectivity index (χ0n) is 12.5. The van der Waals surface area contributed by atoms with Gasteiger partial charge in [0.15, 0.2) is 9.84 Å². The summed E-state index contributed by atoms with van der Waals surface area (Å²) in [6, 6.07) is 1.46. The molecule has 22 heavy (non-hydrogen) atoms. The fourth-order valence-corrected chi connectivity index (χ4v) is 4.19. The molecule has 1 atom stereocenters. The average Bonchev–Trinajstić information content (AvgIpc) is 3.30. The maximum Gasteiger partial charge on any atom is 0.225 e. The van der Waals surface area contributed by atoms with E-state index in [9.17, 15) is 13.2 Å². The lowest BCUT2D eigenvalue weighted by Gasteiger charge is -2.33. The van der Waals surface area contributed by atoms with Crippen molar-refractivity contribution in [3.63, 3.8) is 0 Å². The second-order valence-corrected chi connectivity index (χ2v) is 8.63. The Balaban J connectivity index is 1.88. The highest BCUT2D eigenvalue weighted by Crippen LogP contribution is 2.35. The van der Waals surface area contributed by atoms with Crippen LogP contribution < -0.4 is 0 Å². The van der Waals surface area contributed by atoms with Crippen molar-refractivity contribution in [2.75, 3.05) is 19.3 Å². The molecule has 1 aromatic rings. The van der Waals surface area contributed by atoms with E-state index in [4.69, 9.17) is 11.6 Å². The third-order valence-electron chi connectivity index (χ3n) is 4.29. The molecule has 3 rings (SSSR count). The van der Waals surface area contributed by atoms with Crippen molar-refractivity contribution >= 4 is 27.3 Å². The summed E-state index contributed by atoms with van der Waals surface area (Å²) >= 11 is 5.90. The van der Waals surface area contributed by atoms with Crippen molar-refractivity contribution in [2.45, 2.75) is 36.5 Å². The van der Waals surface area contributed by atoms with E-state index in [1.54, 1.807) is 0 Å². The summed E-state index contributed by atoms with van der Waals surface area (Å²) in [5.41, 5.74) is 0.542. The standard InChI is InChI=1S/C15H19ClN2O3S/c1-22(20,21)13-7-12(16)8-17-14(13)11-3-2-6-18(9-11)15(19)10-4-5-10/h7-8,10-11H,2-6,9H2,1H3/t11-/m0/s1. The number of pyridine rings is 1. The molecule has 0 spiro atoms. The number of rotatable bonds is 3. The predicted octanol–water partition coefficient (Wildman–Crippen LogP) is 2.25. The summed E-state index contributed by atoms with van der Waals surface area (Å²) in [5, 5.41) is 0.311. The number of halogens is 1. The molecule has 1 aliphatic carbocycles. The van der Waals surface area contributed by atoms with E-state index in [0.717, 1.165) is 32.2 Å². The number of likely N-dealkylation sites (tertiary alicyclic amines) is 1. The van der Waals surface area contributed by atoms with Gasteiger partial charge >= 0.3 is 0 Å². The van der Waals surface area contributed by atoms with Crippen molar-refractivity contribution in [3.05, 3.63) is 23.0 Å². The Morgan fingerprint density at radius 3 is 2.73 bits per heavy atom. The van der Waals surface area contributed by atoms with Gasteiger partial charge in [-0.2, -0.15) is 0 Å². The van der Waals surface area contributed by atoms with Crippen molar-refractivity contribution < 1.29 is 13.2 Å². The minimum Gasteiger partial charge on any atom is -0.342 e. The van der Waals surface area contributed by atoms with Crippen LogP contribution in [0.5, 0.6) is 0 Å². The Bertz CT molecular complexity index is 701. The third-order valence-corrected chi connectivity index (χ3v) is 5.63.